The molecular weight excluding hydrogens is 474 g/mol. The number of amides is 1. The first-order chi connectivity index (χ1) is 16.5. The Hall–Kier alpha value is -3.62. The van der Waals surface area contributed by atoms with Gasteiger partial charge < -0.3 is 14.2 Å². The number of hydrogen-bond acceptors (Lipinski definition) is 7. The van der Waals surface area contributed by atoms with E-state index in [2.05, 4.69) is 9.97 Å². The van der Waals surface area contributed by atoms with Crippen LogP contribution >= 0.6 is 22.9 Å². The van der Waals surface area contributed by atoms with Crippen LogP contribution < -0.4 is 19.1 Å². The number of thiazole rings is 1. The first kappa shape index (κ1) is 23.5. The van der Waals surface area contributed by atoms with E-state index in [9.17, 15) is 4.79 Å². The van der Waals surface area contributed by atoms with Gasteiger partial charge in [-0.25, -0.2) is 4.98 Å². The second kappa shape index (κ2) is 10.5. The molecule has 7 nitrogen and oxygen atoms in total. The van der Waals surface area contributed by atoms with Gasteiger partial charge in [0, 0.05) is 17.3 Å². The number of carbonyl (C=O) groups excluding carboxylic acids is 1. The summed E-state index contributed by atoms with van der Waals surface area (Å²) in [5.74, 6) is 1.24. The van der Waals surface area contributed by atoms with Gasteiger partial charge in [-0.05, 0) is 54.1 Å². The number of fused-ring (bicyclic) bond motifs is 1. The van der Waals surface area contributed by atoms with Gasteiger partial charge in [0.25, 0.3) is 5.91 Å². The van der Waals surface area contributed by atoms with Gasteiger partial charge in [0.1, 0.15) is 0 Å². The summed E-state index contributed by atoms with van der Waals surface area (Å²) in [6.45, 7) is 0.271. The minimum Gasteiger partial charge on any atom is -0.493 e. The van der Waals surface area contributed by atoms with Gasteiger partial charge in [0.05, 0.1) is 43.8 Å². The van der Waals surface area contributed by atoms with Crippen molar-refractivity contribution >= 4 is 50.3 Å². The third-order valence-corrected chi connectivity index (χ3v) is 6.26. The molecule has 0 aliphatic carbocycles. The Bertz CT molecular complexity index is 1320. The normalized spacial score (nSPS) is 11.1. The van der Waals surface area contributed by atoms with Crippen LogP contribution in [0.4, 0.5) is 5.13 Å². The van der Waals surface area contributed by atoms with Crippen molar-refractivity contribution in [3.05, 3.63) is 77.1 Å². The van der Waals surface area contributed by atoms with E-state index in [4.69, 9.17) is 25.8 Å². The minimum atomic E-state index is -0.246. The summed E-state index contributed by atoms with van der Waals surface area (Å²) in [7, 11) is 4.63. The molecule has 4 aromatic rings. The molecule has 0 atom stereocenters. The number of nitrogens with zero attached hydrogens (tertiary/aromatic N) is 3. The standard InChI is InChI=1S/C25H22ClN3O4S/c1-31-20-12-16(13-21(32-2)24(20)33-3)7-10-23(30)29(15-18-6-4-5-11-27-18)25-28-19-9-8-17(26)14-22(19)34-25/h4-14H,15H2,1-3H3/b10-7+. The highest BCUT2D eigenvalue weighted by molar-refractivity contribution is 7.22. The third kappa shape index (κ3) is 5.13. The Morgan fingerprint density at radius 3 is 2.47 bits per heavy atom. The molecular formula is C25H22ClN3O4S. The Morgan fingerprint density at radius 1 is 1.06 bits per heavy atom. The number of carbonyl (C=O) groups is 1. The molecule has 2 heterocycles. The molecule has 0 bridgehead atoms. The van der Waals surface area contributed by atoms with E-state index in [1.54, 1.807) is 56.7 Å². The lowest BCUT2D eigenvalue weighted by Gasteiger charge is -2.18. The number of halogens is 1. The van der Waals surface area contributed by atoms with Crippen molar-refractivity contribution in [2.45, 2.75) is 6.54 Å². The van der Waals surface area contributed by atoms with Crippen LogP contribution in [0.25, 0.3) is 16.3 Å². The number of ether oxygens (including phenoxy) is 3. The van der Waals surface area contributed by atoms with Crippen molar-refractivity contribution in [3.63, 3.8) is 0 Å². The lowest BCUT2D eigenvalue weighted by molar-refractivity contribution is -0.114. The molecule has 0 unspecified atom stereocenters. The van der Waals surface area contributed by atoms with Crippen LogP contribution in [0, 0.1) is 0 Å². The van der Waals surface area contributed by atoms with Gasteiger partial charge >= 0.3 is 0 Å². The molecule has 9 heteroatoms. The fourth-order valence-corrected chi connectivity index (χ4v) is 4.60. The van der Waals surface area contributed by atoms with E-state index in [0.717, 1.165) is 21.5 Å². The van der Waals surface area contributed by atoms with Crippen LogP contribution in [0.5, 0.6) is 17.2 Å². The SMILES string of the molecule is COc1cc(/C=C/C(=O)N(Cc2ccccn2)c2nc3ccc(Cl)cc3s2)cc(OC)c1OC. The summed E-state index contributed by atoms with van der Waals surface area (Å²) in [6.07, 6.45) is 4.88. The van der Waals surface area contributed by atoms with E-state index in [0.29, 0.717) is 27.4 Å². The van der Waals surface area contributed by atoms with Crippen molar-refractivity contribution in [2.24, 2.45) is 0 Å². The van der Waals surface area contributed by atoms with Crippen molar-refractivity contribution in [3.8, 4) is 17.2 Å². The largest absolute Gasteiger partial charge is 0.493 e. The first-order valence-corrected chi connectivity index (χ1v) is 11.5. The fraction of sp³-hybridized carbons (Fsp3) is 0.160. The van der Waals surface area contributed by atoms with Gasteiger partial charge in [-0.2, -0.15) is 0 Å². The molecule has 0 aliphatic heterocycles. The van der Waals surface area contributed by atoms with Gasteiger partial charge in [-0.3, -0.25) is 14.7 Å². The molecule has 1 amide bonds. The van der Waals surface area contributed by atoms with Gasteiger partial charge in [0.15, 0.2) is 16.6 Å². The van der Waals surface area contributed by atoms with Crippen LogP contribution in [-0.4, -0.2) is 37.2 Å². The molecule has 0 spiro atoms. The van der Waals surface area contributed by atoms with Gasteiger partial charge in [-0.15, -0.1) is 0 Å². The number of anilines is 1. The predicted octanol–water partition coefficient (Wildman–Crippen LogP) is 5.62. The predicted molar refractivity (Wildman–Crippen MR) is 135 cm³/mol. The van der Waals surface area contributed by atoms with E-state index in [-0.39, 0.29) is 12.5 Å². The molecule has 0 fully saturated rings. The summed E-state index contributed by atoms with van der Waals surface area (Å²) in [6, 6.07) is 14.6. The number of benzene rings is 2. The van der Waals surface area contributed by atoms with E-state index in [1.807, 2.05) is 30.3 Å². The number of rotatable bonds is 8. The zero-order valence-electron chi connectivity index (χ0n) is 18.8. The molecule has 4 rings (SSSR count). The number of hydrogen-bond donors (Lipinski definition) is 0. The molecule has 0 aliphatic rings. The van der Waals surface area contributed by atoms with E-state index in [1.165, 1.54) is 17.4 Å². The van der Waals surface area contributed by atoms with Crippen LogP contribution in [0.3, 0.4) is 0 Å². The van der Waals surface area contributed by atoms with Crippen LogP contribution in [0.1, 0.15) is 11.3 Å². The highest BCUT2D eigenvalue weighted by Gasteiger charge is 2.19. The molecule has 0 N–H and O–H groups in total. The second-order valence-electron chi connectivity index (χ2n) is 7.15. The molecule has 2 aromatic heterocycles. The summed E-state index contributed by atoms with van der Waals surface area (Å²) in [5.41, 5.74) is 2.24. The van der Waals surface area contributed by atoms with Crippen LogP contribution in [0.15, 0.2) is 60.8 Å². The lowest BCUT2D eigenvalue weighted by Crippen LogP contribution is -2.29. The summed E-state index contributed by atoms with van der Waals surface area (Å²) >= 11 is 7.53. The average molecular weight is 496 g/mol. The molecule has 34 heavy (non-hydrogen) atoms. The van der Waals surface area contributed by atoms with Gasteiger partial charge in [0.2, 0.25) is 5.75 Å². The monoisotopic (exact) mass is 495 g/mol. The molecule has 174 valence electrons. The quantitative estimate of drug-likeness (QED) is 0.295. The molecule has 0 saturated carbocycles. The van der Waals surface area contributed by atoms with Crippen molar-refractivity contribution in [2.75, 3.05) is 26.2 Å². The van der Waals surface area contributed by atoms with E-state index < -0.39 is 0 Å². The summed E-state index contributed by atoms with van der Waals surface area (Å²) < 4.78 is 17.1. The second-order valence-corrected chi connectivity index (χ2v) is 8.59. The Morgan fingerprint density at radius 2 is 1.82 bits per heavy atom. The van der Waals surface area contributed by atoms with Crippen LogP contribution in [-0.2, 0) is 11.3 Å². The number of aromatic nitrogens is 2. The summed E-state index contributed by atoms with van der Waals surface area (Å²) in [5, 5.41) is 1.18. The topological polar surface area (TPSA) is 73.8 Å². The minimum absolute atomic E-state index is 0.246. The Labute approximate surface area is 206 Å². The highest BCUT2D eigenvalue weighted by Crippen LogP contribution is 2.38. The molecule has 2 aromatic carbocycles. The maximum Gasteiger partial charge on any atom is 0.253 e. The van der Waals surface area contributed by atoms with Gasteiger partial charge in [-0.1, -0.05) is 29.0 Å². The van der Waals surface area contributed by atoms with Crippen molar-refractivity contribution < 1.29 is 19.0 Å². The summed E-state index contributed by atoms with van der Waals surface area (Å²) in [4.78, 5) is 24.0. The molecule has 0 saturated heterocycles. The third-order valence-electron chi connectivity index (χ3n) is 4.99. The van der Waals surface area contributed by atoms with E-state index >= 15 is 0 Å². The highest BCUT2D eigenvalue weighted by atomic mass is 35.5. The zero-order valence-corrected chi connectivity index (χ0v) is 20.4. The smallest absolute Gasteiger partial charge is 0.253 e. The first-order valence-electron chi connectivity index (χ1n) is 10.3. The maximum absolute atomic E-state index is 13.4. The lowest BCUT2D eigenvalue weighted by atomic mass is 10.1. The zero-order chi connectivity index (χ0) is 24.1. The maximum atomic E-state index is 13.4. The Balaban J connectivity index is 1.68. The fourth-order valence-electron chi connectivity index (χ4n) is 3.35. The number of pyridine rings is 1. The number of methoxy groups -OCH3 is 3. The van der Waals surface area contributed by atoms with Crippen molar-refractivity contribution in [1.29, 1.82) is 0 Å². The molecule has 0 radical (unpaired) electrons. The Kier molecular flexibility index (Phi) is 7.30. The van der Waals surface area contributed by atoms with Crippen LogP contribution in [0.2, 0.25) is 5.02 Å². The van der Waals surface area contributed by atoms with Crippen molar-refractivity contribution in [1.82, 2.24) is 9.97 Å². The average Bonchev–Trinajstić information content (AvgIpc) is 3.28.